The Morgan fingerprint density at radius 2 is 1.10 bits per heavy atom. The van der Waals surface area contributed by atoms with E-state index in [1.165, 1.54) is 0 Å². The quantitative estimate of drug-likeness (QED) is 0.304. The Balaban J connectivity index is -0.0000000750. The number of rotatable bonds is 0. The fourth-order valence-corrected chi connectivity index (χ4v) is 0. The molecule has 0 amide bonds. The zero-order chi connectivity index (χ0) is 8.83. The van der Waals surface area contributed by atoms with Crippen molar-refractivity contribution in [2.24, 2.45) is 0 Å². The van der Waals surface area contributed by atoms with Crippen molar-refractivity contribution in [2.75, 3.05) is 0 Å². The summed E-state index contributed by atoms with van der Waals surface area (Å²) in [5.74, 6) is 0. The Morgan fingerprint density at radius 3 is 1.10 bits per heavy atom. The second kappa shape index (κ2) is 50.7. The van der Waals surface area contributed by atoms with Gasteiger partial charge in [0.05, 0.1) is 0 Å². The molecule has 4 nitrogen and oxygen atoms in total. The van der Waals surface area contributed by atoms with Gasteiger partial charge in [-0.2, -0.15) is 0 Å². The molecule has 0 spiro atoms. The summed E-state index contributed by atoms with van der Waals surface area (Å²) in [5.41, 5.74) is 0. The summed E-state index contributed by atoms with van der Waals surface area (Å²) in [5, 5.41) is 10.8. The number of hydrogen-bond donors (Lipinski definition) is 2. The van der Waals surface area contributed by atoms with Crippen LogP contribution in [0.25, 0.3) is 0 Å². The topological polar surface area (TPSA) is 81.8 Å². The molecule has 0 unspecified atom stereocenters. The highest BCUT2D eigenvalue weighted by Crippen LogP contribution is 1.57. The van der Waals surface area contributed by atoms with E-state index < -0.39 is 0 Å². The summed E-state index contributed by atoms with van der Waals surface area (Å²) in [7, 11) is 0. The van der Waals surface area contributed by atoms with Crippen LogP contribution in [0.5, 0.6) is 0 Å². The van der Waals surface area contributed by atoms with Crippen molar-refractivity contribution in [2.45, 2.75) is 13.8 Å². The lowest BCUT2D eigenvalue weighted by atomic mass is 10.6. The number of allylic oxidation sites excluding steroid dienone is 2. The van der Waals surface area contributed by atoms with Crippen LogP contribution >= 0.6 is 0 Å². The molecule has 0 bridgehead atoms. The van der Waals surface area contributed by atoms with E-state index in [9.17, 15) is 0 Å². The highest BCUT2D eigenvalue weighted by atomic mass is 16.1. The molecule has 0 saturated carbocycles. The average molecular weight is 142 g/mol. The van der Waals surface area contributed by atoms with Crippen LogP contribution in [0.1, 0.15) is 13.8 Å². The van der Waals surface area contributed by atoms with Crippen LogP contribution in [0.4, 0.5) is 0 Å². The Kier molecular flexibility index (Phi) is 80.1. The molecule has 0 fully saturated rings. The summed E-state index contributed by atoms with van der Waals surface area (Å²) in [6.45, 7) is 4.00. The maximum absolute atomic E-state index is 8.35. The van der Waals surface area contributed by atoms with Crippen LogP contribution in [0.3, 0.4) is 0 Å². The Morgan fingerprint density at radius 1 is 1.00 bits per heavy atom. The van der Waals surface area contributed by atoms with Gasteiger partial charge >= 0.3 is 0 Å². The lowest BCUT2D eigenvalue weighted by Crippen LogP contribution is -1.26. The van der Waals surface area contributed by atoms with Crippen LogP contribution in [0.2, 0.25) is 0 Å². The zero-order valence-corrected chi connectivity index (χ0v) is 5.97. The summed E-state index contributed by atoms with van der Waals surface area (Å²) in [4.78, 5) is 16.7. The molecule has 0 heterocycles. The van der Waals surface area contributed by atoms with Crippen molar-refractivity contribution in [1.82, 2.24) is 0 Å². The molecule has 4 heteroatoms. The van der Waals surface area contributed by atoms with Crippen LogP contribution in [0.15, 0.2) is 12.2 Å². The monoisotopic (exact) mass is 142 g/mol. The second-order valence-electron chi connectivity index (χ2n) is 0.871. The molecule has 56 valence electrons. The van der Waals surface area contributed by atoms with Gasteiger partial charge in [-0.15, -0.1) is 0 Å². The van der Waals surface area contributed by atoms with Gasteiger partial charge in [0, 0.05) is 0 Å². The normalized spacial score (nSPS) is 5.40. The minimum atomic E-state index is 0.750. The van der Waals surface area contributed by atoms with E-state index in [1.54, 1.807) is 0 Å². The number of carbonyl (C=O) groups excluding carboxylic acids is 2. The van der Waals surface area contributed by atoms with Gasteiger partial charge < -0.3 is 0 Å². The highest BCUT2D eigenvalue weighted by molar-refractivity contribution is 5.26. The summed E-state index contributed by atoms with van der Waals surface area (Å²) in [6.07, 6.45) is 5.50. The van der Waals surface area contributed by atoms with Gasteiger partial charge in [0.1, 0.15) is 0 Å². The van der Waals surface area contributed by atoms with Crippen molar-refractivity contribution < 1.29 is 9.59 Å². The first-order valence-corrected chi connectivity index (χ1v) is 2.40. The second-order valence-corrected chi connectivity index (χ2v) is 0.871. The predicted molar refractivity (Wildman–Crippen MR) is 37.3 cm³/mol. The lowest BCUT2D eigenvalue weighted by Gasteiger charge is -1.49. The first kappa shape index (κ1) is 15.8. The van der Waals surface area contributed by atoms with Crippen molar-refractivity contribution in [3.63, 3.8) is 0 Å². The Hall–Kier alpha value is -1.50. The number of isocyanates is 2. The Bertz CT molecular complexity index is 113. The molecule has 0 aliphatic heterocycles. The number of nitrogens with one attached hydrogen (secondary N) is 2. The van der Waals surface area contributed by atoms with E-state index in [0.29, 0.717) is 0 Å². The molecule has 0 rings (SSSR count). The molecule has 0 aliphatic rings. The van der Waals surface area contributed by atoms with Crippen molar-refractivity contribution >= 4 is 12.2 Å². The molecule has 0 aromatic rings. The van der Waals surface area contributed by atoms with Gasteiger partial charge in [-0.1, -0.05) is 12.2 Å². The van der Waals surface area contributed by atoms with E-state index in [0.717, 1.165) is 12.2 Å². The number of hydrogen-bond acceptors (Lipinski definition) is 4. The maximum Gasteiger partial charge on any atom is 0.231 e. The van der Waals surface area contributed by atoms with Crippen molar-refractivity contribution in [3.8, 4) is 0 Å². The van der Waals surface area contributed by atoms with E-state index in [-0.39, 0.29) is 0 Å². The van der Waals surface area contributed by atoms with E-state index in [1.807, 2.05) is 26.0 Å². The molecule has 0 radical (unpaired) electrons. The first-order valence-electron chi connectivity index (χ1n) is 2.40. The molecular formula is C6H10N2O2. The standard InChI is InChI=1S/C4H8.2CHNO/c1-3-4-2;2*2-1-3/h3-4H,1-2H3;2*2H. The molecule has 10 heavy (non-hydrogen) atoms. The van der Waals surface area contributed by atoms with Crippen molar-refractivity contribution in [1.29, 1.82) is 10.8 Å². The van der Waals surface area contributed by atoms with Crippen LogP contribution < -0.4 is 0 Å². The molecule has 0 saturated heterocycles. The third-order valence-electron chi connectivity index (χ3n) is 0.333. The average Bonchev–Trinajstić information content (AvgIpc) is 1.91. The van der Waals surface area contributed by atoms with Gasteiger partial charge in [0.2, 0.25) is 12.2 Å². The van der Waals surface area contributed by atoms with Gasteiger partial charge in [-0.05, 0) is 13.8 Å². The minimum Gasteiger partial charge on any atom is -0.222 e. The lowest BCUT2D eigenvalue weighted by molar-refractivity contribution is 0.562. The van der Waals surface area contributed by atoms with Gasteiger partial charge in [-0.25, -0.2) is 20.4 Å². The first-order chi connectivity index (χ1) is 4.74. The molecule has 0 aliphatic carbocycles. The predicted octanol–water partition coefficient (Wildman–Crippen LogP) is 1.38. The van der Waals surface area contributed by atoms with Crippen LogP contribution in [0, 0.1) is 10.8 Å². The molecule has 0 aromatic heterocycles. The van der Waals surface area contributed by atoms with Gasteiger partial charge in [0.15, 0.2) is 0 Å². The smallest absolute Gasteiger partial charge is 0.222 e. The van der Waals surface area contributed by atoms with E-state index >= 15 is 0 Å². The van der Waals surface area contributed by atoms with Crippen molar-refractivity contribution in [3.05, 3.63) is 12.2 Å². The van der Waals surface area contributed by atoms with Crippen LogP contribution in [-0.2, 0) is 9.59 Å². The maximum atomic E-state index is 8.35. The minimum absolute atomic E-state index is 0.750. The molecule has 0 aromatic carbocycles. The summed E-state index contributed by atoms with van der Waals surface area (Å²) >= 11 is 0. The molecular weight excluding hydrogens is 132 g/mol. The van der Waals surface area contributed by atoms with Crippen LogP contribution in [-0.4, -0.2) is 12.2 Å². The highest BCUT2D eigenvalue weighted by Gasteiger charge is 1.34. The largest absolute Gasteiger partial charge is 0.231 e. The van der Waals surface area contributed by atoms with Gasteiger partial charge in [0.25, 0.3) is 0 Å². The third kappa shape index (κ3) is 786. The van der Waals surface area contributed by atoms with E-state index in [2.05, 4.69) is 0 Å². The summed E-state index contributed by atoms with van der Waals surface area (Å²) < 4.78 is 0. The zero-order valence-electron chi connectivity index (χ0n) is 5.97. The third-order valence-corrected chi connectivity index (χ3v) is 0.333. The van der Waals surface area contributed by atoms with E-state index in [4.69, 9.17) is 20.4 Å². The molecule has 2 N–H and O–H groups in total. The fraction of sp³-hybridized carbons (Fsp3) is 0.333. The summed E-state index contributed by atoms with van der Waals surface area (Å²) in [6, 6.07) is 0. The Labute approximate surface area is 59.6 Å². The fourth-order valence-electron chi connectivity index (χ4n) is 0. The molecule has 0 atom stereocenters. The SMILES string of the molecule is CC=CC.N=C=O.N=C=O. The van der Waals surface area contributed by atoms with Gasteiger partial charge in [-0.3, -0.25) is 0 Å².